The smallest absolute Gasteiger partial charge is 0.402 e. The highest BCUT2D eigenvalue weighted by atomic mass is 35.5. The van der Waals surface area contributed by atoms with Gasteiger partial charge in [0.2, 0.25) is 0 Å². The SMILES string of the molecule is Cl.NC(CCCCOB(O)O)c1nnnn1Cc1ccccc1F. The fraction of sp³-hybridized carbons (Fsp3) is 0.462. The summed E-state index contributed by atoms with van der Waals surface area (Å²) in [5.41, 5.74) is 6.56. The third kappa shape index (κ3) is 6.14. The van der Waals surface area contributed by atoms with Crippen LogP contribution in [0.25, 0.3) is 0 Å². The first-order valence-electron chi connectivity index (χ1n) is 7.30. The van der Waals surface area contributed by atoms with Gasteiger partial charge in [-0.15, -0.1) is 17.5 Å². The highest BCUT2D eigenvalue weighted by molar-refractivity contribution is 6.32. The second-order valence-electron chi connectivity index (χ2n) is 5.09. The fourth-order valence-electron chi connectivity index (χ4n) is 2.16. The number of aromatic nitrogens is 4. The predicted molar refractivity (Wildman–Crippen MR) is 87.5 cm³/mol. The van der Waals surface area contributed by atoms with Gasteiger partial charge in [-0.3, -0.25) is 0 Å². The van der Waals surface area contributed by atoms with E-state index in [1.807, 2.05) is 0 Å². The van der Waals surface area contributed by atoms with Crippen molar-refractivity contribution in [3.8, 4) is 0 Å². The van der Waals surface area contributed by atoms with Crippen LogP contribution < -0.4 is 5.73 Å². The molecule has 24 heavy (non-hydrogen) atoms. The Labute approximate surface area is 145 Å². The van der Waals surface area contributed by atoms with E-state index in [9.17, 15) is 4.39 Å². The number of benzene rings is 1. The third-order valence-electron chi connectivity index (χ3n) is 3.35. The molecule has 11 heteroatoms. The summed E-state index contributed by atoms with van der Waals surface area (Å²) < 4.78 is 19.8. The number of nitrogens with zero attached hydrogens (tertiary/aromatic N) is 4. The van der Waals surface area contributed by atoms with Crippen LogP contribution in [0.5, 0.6) is 0 Å². The Morgan fingerprint density at radius 3 is 2.75 bits per heavy atom. The summed E-state index contributed by atoms with van der Waals surface area (Å²) in [6.45, 7) is 0.438. The van der Waals surface area contributed by atoms with E-state index in [2.05, 4.69) is 20.2 Å². The van der Waals surface area contributed by atoms with Crippen molar-refractivity contribution in [2.45, 2.75) is 31.8 Å². The molecule has 1 heterocycles. The Hall–Kier alpha value is -1.59. The van der Waals surface area contributed by atoms with Crippen molar-refractivity contribution >= 4 is 19.7 Å². The average Bonchev–Trinajstić information content (AvgIpc) is 2.97. The van der Waals surface area contributed by atoms with Gasteiger partial charge >= 0.3 is 7.32 Å². The summed E-state index contributed by atoms with van der Waals surface area (Å²) >= 11 is 0. The summed E-state index contributed by atoms with van der Waals surface area (Å²) in [5, 5.41) is 28.5. The second-order valence-corrected chi connectivity index (χ2v) is 5.09. The molecule has 1 aromatic carbocycles. The number of unbranched alkanes of at least 4 members (excludes halogenated alkanes) is 1. The number of tetrazole rings is 1. The monoisotopic (exact) mass is 359 g/mol. The van der Waals surface area contributed by atoms with Crippen LogP contribution in [-0.2, 0) is 11.2 Å². The molecule has 8 nitrogen and oxygen atoms in total. The summed E-state index contributed by atoms with van der Waals surface area (Å²) in [6, 6.07) is 6.03. The minimum atomic E-state index is -1.75. The summed E-state index contributed by atoms with van der Waals surface area (Å²) in [4.78, 5) is 0. The van der Waals surface area contributed by atoms with E-state index < -0.39 is 13.4 Å². The second kappa shape index (κ2) is 10.3. The molecule has 0 radical (unpaired) electrons. The van der Waals surface area contributed by atoms with Crippen LogP contribution >= 0.6 is 12.4 Å². The Morgan fingerprint density at radius 2 is 2.04 bits per heavy atom. The zero-order valence-corrected chi connectivity index (χ0v) is 13.8. The van der Waals surface area contributed by atoms with Crippen molar-refractivity contribution < 1.29 is 19.1 Å². The molecule has 132 valence electrons. The van der Waals surface area contributed by atoms with Gasteiger partial charge in [-0.2, -0.15) is 0 Å². The van der Waals surface area contributed by atoms with Crippen molar-refractivity contribution in [1.82, 2.24) is 20.2 Å². The van der Waals surface area contributed by atoms with E-state index in [1.165, 1.54) is 10.7 Å². The molecule has 4 N–H and O–H groups in total. The van der Waals surface area contributed by atoms with E-state index in [1.54, 1.807) is 18.2 Å². The quantitative estimate of drug-likeness (QED) is 0.439. The Kier molecular flexibility index (Phi) is 8.79. The lowest BCUT2D eigenvalue weighted by Crippen LogP contribution is -2.19. The molecule has 0 saturated carbocycles. The van der Waals surface area contributed by atoms with Crippen LogP contribution in [-0.4, -0.2) is 44.2 Å². The standard InChI is InChI=1S/C13H19BFN5O3.ClH/c15-11-6-2-1-5-10(11)9-20-13(17-18-19-20)12(16)7-3-4-8-23-14(21)22;/h1-2,5-6,12,21-22H,3-4,7-9,16H2;1H. The summed E-state index contributed by atoms with van der Waals surface area (Å²) in [7, 11) is -1.75. The van der Waals surface area contributed by atoms with Gasteiger partial charge in [-0.25, -0.2) is 9.07 Å². The lowest BCUT2D eigenvalue weighted by atomic mass is 10.1. The Balaban J connectivity index is 0.00000288. The first kappa shape index (κ1) is 20.5. The molecule has 2 rings (SSSR count). The first-order valence-corrected chi connectivity index (χ1v) is 7.30. The van der Waals surface area contributed by atoms with Crippen LogP contribution in [0.3, 0.4) is 0 Å². The average molecular weight is 360 g/mol. The van der Waals surface area contributed by atoms with Crippen LogP contribution in [0.1, 0.15) is 36.7 Å². The lowest BCUT2D eigenvalue weighted by molar-refractivity contribution is 0.181. The van der Waals surface area contributed by atoms with Gasteiger partial charge in [-0.05, 0) is 35.8 Å². The molecule has 0 amide bonds. The summed E-state index contributed by atoms with van der Waals surface area (Å²) in [6.07, 6.45) is 1.93. The third-order valence-corrected chi connectivity index (χ3v) is 3.35. The normalized spacial score (nSPS) is 11.8. The van der Waals surface area contributed by atoms with E-state index in [0.717, 1.165) is 0 Å². The highest BCUT2D eigenvalue weighted by Gasteiger charge is 2.16. The van der Waals surface area contributed by atoms with Crippen LogP contribution in [0.15, 0.2) is 24.3 Å². The molecule has 1 unspecified atom stereocenters. The van der Waals surface area contributed by atoms with E-state index in [4.69, 9.17) is 15.8 Å². The minimum absolute atomic E-state index is 0. The topological polar surface area (TPSA) is 119 Å². The Morgan fingerprint density at radius 1 is 1.29 bits per heavy atom. The molecule has 0 spiro atoms. The zero-order chi connectivity index (χ0) is 16.7. The van der Waals surface area contributed by atoms with E-state index in [-0.39, 0.29) is 31.4 Å². The molecule has 1 atom stereocenters. The molecule has 0 bridgehead atoms. The maximum Gasteiger partial charge on any atom is 0.633 e. The van der Waals surface area contributed by atoms with Crippen LogP contribution in [0, 0.1) is 5.82 Å². The Bertz CT molecular complexity index is 619. The van der Waals surface area contributed by atoms with Crippen molar-refractivity contribution in [1.29, 1.82) is 0 Å². The maximum absolute atomic E-state index is 13.7. The fourth-order valence-corrected chi connectivity index (χ4v) is 2.16. The number of hydrogen-bond acceptors (Lipinski definition) is 7. The largest absolute Gasteiger partial charge is 0.633 e. The molecule has 0 aliphatic carbocycles. The van der Waals surface area contributed by atoms with Gasteiger partial charge in [0.25, 0.3) is 0 Å². The zero-order valence-electron chi connectivity index (χ0n) is 13.0. The number of hydrogen-bond donors (Lipinski definition) is 3. The first-order chi connectivity index (χ1) is 11.1. The molecule has 0 aliphatic heterocycles. The highest BCUT2D eigenvalue weighted by Crippen LogP contribution is 2.16. The van der Waals surface area contributed by atoms with Gasteiger partial charge in [0.1, 0.15) is 5.82 Å². The number of nitrogens with two attached hydrogens (primary N) is 1. The van der Waals surface area contributed by atoms with Crippen LogP contribution in [0.2, 0.25) is 0 Å². The van der Waals surface area contributed by atoms with Crippen molar-refractivity contribution in [3.63, 3.8) is 0 Å². The maximum atomic E-state index is 13.7. The van der Waals surface area contributed by atoms with Crippen molar-refractivity contribution in [2.24, 2.45) is 5.73 Å². The number of halogens is 2. The molecular weight excluding hydrogens is 339 g/mol. The number of rotatable bonds is 9. The minimum Gasteiger partial charge on any atom is -0.402 e. The lowest BCUT2D eigenvalue weighted by Gasteiger charge is -2.12. The van der Waals surface area contributed by atoms with Gasteiger partial charge < -0.3 is 20.4 Å². The van der Waals surface area contributed by atoms with E-state index in [0.29, 0.717) is 30.7 Å². The predicted octanol–water partition coefficient (Wildman–Crippen LogP) is 0.438. The summed E-state index contributed by atoms with van der Waals surface area (Å²) in [5.74, 6) is 0.165. The van der Waals surface area contributed by atoms with E-state index >= 15 is 0 Å². The van der Waals surface area contributed by atoms with Gasteiger partial charge in [0, 0.05) is 12.2 Å². The molecule has 1 aromatic heterocycles. The van der Waals surface area contributed by atoms with Crippen molar-refractivity contribution in [2.75, 3.05) is 6.61 Å². The van der Waals surface area contributed by atoms with Crippen molar-refractivity contribution in [3.05, 3.63) is 41.5 Å². The molecule has 0 saturated heterocycles. The molecule has 2 aromatic rings. The van der Waals surface area contributed by atoms with Gasteiger partial charge in [-0.1, -0.05) is 18.2 Å². The molecule has 0 fully saturated rings. The van der Waals surface area contributed by atoms with Gasteiger partial charge in [0.05, 0.1) is 12.6 Å². The molecular formula is C13H20BClFN5O3. The van der Waals surface area contributed by atoms with Gasteiger partial charge in [0.15, 0.2) is 5.82 Å². The van der Waals surface area contributed by atoms with Crippen LogP contribution in [0.4, 0.5) is 4.39 Å². The molecule has 0 aliphatic rings.